The van der Waals surface area contributed by atoms with Crippen molar-refractivity contribution < 1.29 is 0 Å². The van der Waals surface area contributed by atoms with Crippen molar-refractivity contribution in [2.45, 2.75) is 13.8 Å². The molecule has 0 unspecified atom stereocenters. The van der Waals surface area contributed by atoms with Gasteiger partial charge in [-0.1, -0.05) is 19.1 Å². The van der Waals surface area contributed by atoms with Gasteiger partial charge in [-0.05, 0) is 27.6 Å². The first kappa shape index (κ1) is 12.3. The fourth-order valence-electron chi connectivity index (χ4n) is 0.302. The fraction of sp³-hybridized carbons (Fsp3) is 0.750. The van der Waals surface area contributed by atoms with Crippen LogP contribution in [-0.2, 0) is 0 Å². The van der Waals surface area contributed by atoms with Gasteiger partial charge in [0.05, 0.1) is 0 Å². The highest BCUT2D eigenvalue weighted by atomic mass is 14.8. The van der Waals surface area contributed by atoms with E-state index in [-0.39, 0.29) is 0 Å². The molecule has 0 atom stereocenters. The molecule has 10 heavy (non-hydrogen) atoms. The van der Waals surface area contributed by atoms with E-state index in [0.29, 0.717) is 0 Å². The zero-order chi connectivity index (χ0) is 8.41. The Bertz CT molecular complexity index is 67.7. The van der Waals surface area contributed by atoms with Gasteiger partial charge in [-0.3, -0.25) is 0 Å². The van der Waals surface area contributed by atoms with Crippen LogP contribution in [0.4, 0.5) is 0 Å². The van der Waals surface area contributed by atoms with Gasteiger partial charge in [0.1, 0.15) is 0 Å². The van der Waals surface area contributed by atoms with E-state index in [2.05, 4.69) is 24.1 Å². The minimum Gasteiger partial charge on any atom is -0.320 e. The normalized spacial score (nSPS) is 8.00. The van der Waals surface area contributed by atoms with Crippen molar-refractivity contribution in [3.05, 3.63) is 12.2 Å². The van der Waals surface area contributed by atoms with Crippen molar-refractivity contribution in [1.29, 1.82) is 0 Å². The second kappa shape index (κ2) is 11.5. The zero-order valence-electron chi connectivity index (χ0n) is 7.62. The molecular formula is C8H20N2. The SMILES string of the molecule is C=C(C)CNC.CCNC. The molecule has 2 nitrogen and oxygen atoms in total. The lowest BCUT2D eigenvalue weighted by Gasteiger charge is -1.90. The molecule has 0 amide bonds. The Morgan fingerprint density at radius 1 is 1.30 bits per heavy atom. The van der Waals surface area contributed by atoms with E-state index in [4.69, 9.17) is 0 Å². The average Bonchev–Trinajstić information content (AvgIpc) is 1.89. The van der Waals surface area contributed by atoms with Crippen LogP contribution in [0.1, 0.15) is 13.8 Å². The van der Waals surface area contributed by atoms with E-state index in [1.807, 2.05) is 21.0 Å². The van der Waals surface area contributed by atoms with E-state index in [0.717, 1.165) is 13.1 Å². The topological polar surface area (TPSA) is 24.1 Å². The Hall–Kier alpha value is -0.340. The van der Waals surface area contributed by atoms with Crippen LogP contribution in [0.2, 0.25) is 0 Å². The standard InChI is InChI=1S/C5H11N.C3H9N/c1-5(2)4-6-3;1-3-4-2/h6H,1,4H2,2-3H3;4H,3H2,1-2H3. The smallest absolute Gasteiger partial charge is 0.0156 e. The van der Waals surface area contributed by atoms with E-state index in [9.17, 15) is 0 Å². The summed E-state index contributed by atoms with van der Waals surface area (Å²) in [4.78, 5) is 0. The van der Waals surface area contributed by atoms with E-state index in [1.165, 1.54) is 5.57 Å². The summed E-state index contributed by atoms with van der Waals surface area (Å²) in [5.41, 5.74) is 1.18. The van der Waals surface area contributed by atoms with E-state index >= 15 is 0 Å². The first-order valence-electron chi connectivity index (χ1n) is 3.62. The molecule has 0 aliphatic rings. The predicted molar refractivity (Wildman–Crippen MR) is 48.3 cm³/mol. The van der Waals surface area contributed by atoms with Crippen molar-refractivity contribution in [1.82, 2.24) is 10.6 Å². The van der Waals surface area contributed by atoms with Crippen molar-refractivity contribution >= 4 is 0 Å². The molecule has 0 aliphatic carbocycles. The molecule has 0 saturated heterocycles. The van der Waals surface area contributed by atoms with E-state index in [1.54, 1.807) is 0 Å². The van der Waals surface area contributed by atoms with Crippen molar-refractivity contribution in [3.63, 3.8) is 0 Å². The van der Waals surface area contributed by atoms with Crippen LogP contribution in [-0.4, -0.2) is 27.2 Å². The average molecular weight is 144 g/mol. The highest BCUT2D eigenvalue weighted by molar-refractivity contribution is 4.89. The summed E-state index contributed by atoms with van der Waals surface area (Å²) in [5, 5.41) is 5.90. The largest absolute Gasteiger partial charge is 0.320 e. The lowest BCUT2D eigenvalue weighted by atomic mass is 10.4. The quantitative estimate of drug-likeness (QED) is 0.578. The molecule has 0 heterocycles. The second-order valence-electron chi connectivity index (χ2n) is 2.19. The molecule has 0 aromatic heterocycles. The molecule has 0 aromatic rings. The van der Waals surface area contributed by atoms with Crippen LogP contribution >= 0.6 is 0 Å². The molecule has 0 fully saturated rings. The summed E-state index contributed by atoms with van der Waals surface area (Å²) >= 11 is 0. The lowest BCUT2D eigenvalue weighted by molar-refractivity contribution is 0.864. The highest BCUT2D eigenvalue weighted by Crippen LogP contribution is 1.77. The van der Waals surface area contributed by atoms with Crippen LogP contribution in [0.5, 0.6) is 0 Å². The number of hydrogen-bond acceptors (Lipinski definition) is 2. The van der Waals surface area contributed by atoms with Gasteiger partial charge in [-0.2, -0.15) is 0 Å². The zero-order valence-corrected chi connectivity index (χ0v) is 7.62. The molecule has 2 heteroatoms. The number of nitrogens with one attached hydrogen (secondary N) is 2. The molecule has 0 rings (SSSR count). The van der Waals surface area contributed by atoms with Gasteiger partial charge in [0, 0.05) is 6.54 Å². The van der Waals surface area contributed by atoms with Gasteiger partial charge in [0.15, 0.2) is 0 Å². The summed E-state index contributed by atoms with van der Waals surface area (Å²) in [6, 6.07) is 0. The van der Waals surface area contributed by atoms with Crippen LogP contribution in [0, 0.1) is 0 Å². The summed E-state index contributed by atoms with van der Waals surface area (Å²) in [6.45, 7) is 9.75. The van der Waals surface area contributed by atoms with Crippen LogP contribution < -0.4 is 10.6 Å². The third kappa shape index (κ3) is 25.4. The predicted octanol–water partition coefficient (Wildman–Crippen LogP) is 1.01. The second-order valence-corrected chi connectivity index (χ2v) is 2.19. The molecule has 62 valence electrons. The highest BCUT2D eigenvalue weighted by Gasteiger charge is 1.73. The summed E-state index contributed by atoms with van der Waals surface area (Å²) < 4.78 is 0. The maximum absolute atomic E-state index is 3.68. The minimum absolute atomic E-state index is 0.931. The number of hydrogen-bond donors (Lipinski definition) is 2. The van der Waals surface area contributed by atoms with Gasteiger partial charge in [-0.15, -0.1) is 0 Å². The monoisotopic (exact) mass is 144 g/mol. The Kier molecular flexibility index (Phi) is 14.1. The molecule has 0 aliphatic heterocycles. The van der Waals surface area contributed by atoms with Gasteiger partial charge >= 0.3 is 0 Å². The number of likely N-dealkylation sites (N-methyl/N-ethyl adjacent to an activating group) is 1. The fourth-order valence-corrected chi connectivity index (χ4v) is 0.302. The summed E-state index contributed by atoms with van der Waals surface area (Å²) in [7, 11) is 3.84. The molecule has 0 spiro atoms. The van der Waals surface area contributed by atoms with Crippen molar-refractivity contribution in [2.24, 2.45) is 0 Å². The maximum atomic E-state index is 3.68. The van der Waals surface area contributed by atoms with Gasteiger partial charge < -0.3 is 10.6 Å². The van der Waals surface area contributed by atoms with Gasteiger partial charge in [0.2, 0.25) is 0 Å². The van der Waals surface area contributed by atoms with Crippen LogP contribution in [0.3, 0.4) is 0 Å². The molecule has 2 N–H and O–H groups in total. The molecule has 0 radical (unpaired) electrons. The van der Waals surface area contributed by atoms with Crippen LogP contribution in [0.25, 0.3) is 0 Å². The minimum atomic E-state index is 0.931. The van der Waals surface area contributed by atoms with Crippen molar-refractivity contribution in [2.75, 3.05) is 27.2 Å². The Labute approximate surface area is 64.7 Å². The Balaban J connectivity index is 0. The maximum Gasteiger partial charge on any atom is 0.0156 e. The van der Waals surface area contributed by atoms with E-state index < -0.39 is 0 Å². The lowest BCUT2D eigenvalue weighted by Crippen LogP contribution is -2.07. The third-order valence-corrected chi connectivity index (χ3v) is 0.832. The molecule has 0 bridgehead atoms. The first-order valence-corrected chi connectivity index (χ1v) is 3.62. The van der Waals surface area contributed by atoms with Gasteiger partial charge in [-0.25, -0.2) is 0 Å². The summed E-state index contributed by atoms with van der Waals surface area (Å²) in [5.74, 6) is 0. The first-order chi connectivity index (χ1) is 4.68. The Morgan fingerprint density at radius 3 is 1.70 bits per heavy atom. The third-order valence-electron chi connectivity index (χ3n) is 0.832. The van der Waals surface area contributed by atoms with Gasteiger partial charge in [0.25, 0.3) is 0 Å². The summed E-state index contributed by atoms with van der Waals surface area (Å²) in [6.07, 6.45) is 0. The van der Waals surface area contributed by atoms with Crippen LogP contribution in [0.15, 0.2) is 12.2 Å². The Morgan fingerprint density at radius 2 is 1.70 bits per heavy atom. The molecule has 0 aromatic carbocycles. The molecular weight excluding hydrogens is 124 g/mol. The van der Waals surface area contributed by atoms with Crippen molar-refractivity contribution in [3.8, 4) is 0 Å². The molecule has 0 saturated carbocycles. The number of rotatable bonds is 3.